The van der Waals surface area contributed by atoms with E-state index in [1.54, 1.807) is 18.2 Å². The summed E-state index contributed by atoms with van der Waals surface area (Å²) in [4.78, 5) is 12.4. The highest BCUT2D eigenvalue weighted by Crippen LogP contribution is 2.31. The average molecular weight is 308 g/mol. The molecule has 0 saturated carbocycles. The maximum atomic E-state index is 12.4. The number of carbonyl (C=O) groups is 1. The molecule has 0 heterocycles. The molecule has 1 amide bonds. The van der Waals surface area contributed by atoms with Crippen molar-refractivity contribution in [2.75, 3.05) is 4.42 Å². The fourth-order valence-corrected chi connectivity index (χ4v) is 2.55. The number of carbonyl (C=O) groups excluding carboxylic acids is 1. The molecule has 0 unspecified atom stereocenters. The first-order valence-corrected chi connectivity index (χ1v) is 7.19. The van der Waals surface area contributed by atoms with Crippen LogP contribution in [-0.4, -0.2) is 5.91 Å². The Morgan fingerprint density at radius 2 is 1.80 bits per heavy atom. The van der Waals surface area contributed by atoms with Crippen molar-refractivity contribution in [1.29, 1.82) is 0 Å². The van der Waals surface area contributed by atoms with Gasteiger partial charge >= 0.3 is 0 Å². The van der Waals surface area contributed by atoms with Crippen molar-refractivity contribution < 1.29 is 4.79 Å². The van der Waals surface area contributed by atoms with Gasteiger partial charge in [-0.15, -0.1) is 0 Å². The zero-order valence-corrected chi connectivity index (χ0v) is 12.7. The van der Waals surface area contributed by atoms with Crippen LogP contribution < -0.4 is 4.42 Å². The summed E-state index contributed by atoms with van der Waals surface area (Å²) in [6.07, 6.45) is 1.71. The van der Waals surface area contributed by atoms with Gasteiger partial charge in [0.2, 0.25) is 0 Å². The van der Waals surface area contributed by atoms with Crippen molar-refractivity contribution in [3.05, 3.63) is 64.7 Å². The lowest BCUT2D eigenvalue weighted by molar-refractivity contribution is 0.101. The van der Waals surface area contributed by atoms with Crippen LogP contribution in [0.3, 0.4) is 0 Å². The summed E-state index contributed by atoms with van der Waals surface area (Å²) in [7, 11) is 0. The van der Waals surface area contributed by atoms with E-state index in [9.17, 15) is 4.79 Å². The predicted molar refractivity (Wildman–Crippen MR) is 84.6 cm³/mol. The number of halogens is 2. The monoisotopic (exact) mass is 307 g/mol. The summed E-state index contributed by atoms with van der Waals surface area (Å²) in [5.74, 6) is -0.258. The molecule has 20 heavy (non-hydrogen) atoms. The van der Waals surface area contributed by atoms with Crippen LogP contribution in [0.2, 0.25) is 5.02 Å². The minimum Gasteiger partial charge on any atom is -0.267 e. The molecular weight excluding hydrogens is 293 g/mol. The number of amides is 1. The Balaban J connectivity index is 2.36. The van der Waals surface area contributed by atoms with Crippen molar-refractivity contribution in [2.24, 2.45) is 0 Å². The maximum Gasteiger partial charge on any atom is 0.272 e. The smallest absolute Gasteiger partial charge is 0.267 e. The number of rotatable bonds is 4. The number of nitrogens with zero attached hydrogens (tertiary/aromatic N) is 1. The topological polar surface area (TPSA) is 20.3 Å². The quantitative estimate of drug-likeness (QED) is 0.720. The Morgan fingerprint density at radius 3 is 2.45 bits per heavy atom. The molecule has 2 rings (SSSR count). The molecule has 2 nitrogen and oxygen atoms in total. The van der Waals surface area contributed by atoms with Gasteiger partial charge in [0.25, 0.3) is 5.91 Å². The van der Waals surface area contributed by atoms with Crippen LogP contribution in [0.5, 0.6) is 0 Å². The molecule has 0 aliphatic rings. The zero-order chi connectivity index (χ0) is 14.5. The first-order valence-electron chi connectivity index (χ1n) is 6.47. The highest BCUT2D eigenvalue weighted by molar-refractivity contribution is 6.40. The van der Waals surface area contributed by atoms with Crippen molar-refractivity contribution in [2.45, 2.75) is 19.8 Å². The fraction of sp³-hybridized carbons (Fsp3) is 0.188. The molecule has 4 heteroatoms. The van der Waals surface area contributed by atoms with E-state index in [0.29, 0.717) is 16.3 Å². The first-order chi connectivity index (χ1) is 9.65. The van der Waals surface area contributed by atoms with Crippen LogP contribution in [0.1, 0.15) is 29.3 Å². The van der Waals surface area contributed by atoms with Gasteiger partial charge in [-0.25, -0.2) is 4.42 Å². The second-order valence-corrected chi connectivity index (χ2v) is 5.18. The van der Waals surface area contributed by atoms with Crippen LogP contribution in [0.4, 0.5) is 5.69 Å². The van der Waals surface area contributed by atoms with E-state index < -0.39 is 0 Å². The molecule has 0 spiro atoms. The molecule has 0 saturated heterocycles. The summed E-state index contributed by atoms with van der Waals surface area (Å²) >= 11 is 12.4. The Hall–Kier alpha value is -1.51. The van der Waals surface area contributed by atoms with Gasteiger partial charge in [0.15, 0.2) is 0 Å². The van der Waals surface area contributed by atoms with E-state index in [4.69, 9.17) is 23.4 Å². The lowest BCUT2D eigenvalue weighted by atomic mass is 10.1. The summed E-state index contributed by atoms with van der Waals surface area (Å²) in [5, 5.41) is 0.635. The molecule has 0 atom stereocenters. The second-order valence-electron chi connectivity index (χ2n) is 4.44. The van der Waals surface area contributed by atoms with Gasteiger partial charge in [0.1, 0.15) is 0 Å². The van der Waals surface area contributed by atoms with Crippen molar-refractivity contribution in [1.82, 2.24) is 0 Å². The molecule has 104 valence electrons. The highest BCUT2D eigenvalue weighted by Gasteiger charge is 2.19. The summed E-state index contributed by atoms with van der Waals surface area (Å²) in [6, 6.07) is 14.4. The lowest BCUT2D eigenvalue weighted by Crippen LogP contribution is -2.22. The third-order valence-electron chi connectivity index (χ3n) is 3.00. The normalized spacial score (nSPS) is 10.3. The molecule has 0 N–H and O–H groups in total. The number of anilines is 1. The van der Waals surface area contributed by atoms with Gasteiger partial charge in [-0.1, -0.05) is 49.2 Å². The number of benzene rings is 2. The molecule has 0 bridgehead atoms. The van der Waals surface area contributed by atoms with Crippen LogP contribution in [0.25, 0.3) is 0 Å². The van der Waals surface area contributed by atoms with Crippen LogP contribution in [0.15, 0.2) is 48.5 Å². The molecule has 0 fully saturated rings. The summed E-state index contributed by atoms with van der Waals surface area (Å²) in [5.41, 5.74) is 2.09. The molecule has 0 radical (unpaired) electrons. The van der Waals surface area contributed by atoms with Gasteiger partial charge in [-0.3, -0.25) is 4.79 Å². The SMILES string of the molecule is CCCc1c(Cl)cccc1N(Cl)C(=O)c1ccccc1. The van der Waals surface area contributed by atoms with Crippen molar-refractivity contribution in [3.63, 3.8) is 0 Å². The van der Waals surface area contributed by atoms with E-state index in [1.165, 1.54) is 0 Å². The van der Waals surface area contributed by atoms with Gasteiger partial charge in [-0.2, -0.15) is 0 Å². The Bertz CT molecular complexity index is 599. The fourth-order valence-electron chi connectivity index (χ4n) is 2.03. The van der Waals surface area contributed by atoms with Gasteiger partial charge < -0.3 is 0 Å². The third-order valence-corrected chi connectivity index (χ3v) is 3.69. The van der Waals surface area contributed by atoms with E-state index >= 15 is 0 Å². The molecule has 0 aliphatic carbocycles. The molecular formula is C16H15Cl2NO. The number of hydrogen-bond acceptors (Lipinski definition) is 1. The minimum absolute atomic E-state index is 0.258. The minimum atomic E-state index is -0.258. The predicted octanol–water partition coefficient (Wildman–Crippen LogP) is 5.09. The van der Waals surface area contributed by atoms with Crippen molar-refractivity contribution in [3.8, 4) is 0 Å². The third kappa shape index (κ3) is 3.14. The van der Waals surface area contributed by atoms with E-state index in [2.05, 4.69) is 6.92 Å². The van der Waals surface area contributed by atoms with E-state index in [0.717, 1.165) is 22.8 Å². The van der Waals surface area contributed by atoms with E-state index in [1.807, 2.05) is 30.3 Å². The maximum absolute atomic E-state index is 12.4. The largest absolute Gasteiger partial charge is 0.272 e. The standard InChI is InChI=1S/C16H15Cl2NO/c1-2-7-13-14(17)10-6-11-15(13)19(18)16(20)12-8-4-3-5-9-12/h3-6,8-11H,2,7H2,1H3. The van der Waals surface area contributed by atoms with Crippen LogP contribution in [0, 0.1) is 0 Å². The summed E-state index contributed by atoms with van der Waals surface area (Å²) < 4.78 is 1.15. The van der Waals surface area contributed by atoms with Crippen LogP contribution in [-0.2, 0) is 6.42 Å². The van der Waals surface area contributed by atoms with Gasteiger partial charge in [0.05, 0.1) is 5.69 Å². The zero-order valence-electron chi connectivity index (χ0n) is 11.1. The van der Waals surface area contributed by atoms with Gasteiger partial charge in [0, 0.05) is 22.4 Å². The lowest BCUT2D eigenvalue weighted by Gasteiger charge is -2.18. The Morgan fingerprint density at radius 1 is 1.10 bits per heavy atom. The Labute approximate surface area is 129 Å². The van der Waals surface area contributed by atoms with Crippen LogP contribution >= 0.6 is 23.4 Å². The first kappa shape index (κ1) is 14.9. The molecule has 0 aromatic heterocycles. The molecule has 0 aliphatic heterocycles. The number of hydrogen-bond donors (Lipinski definition) is 0. The van der Waals surface area contributed by atoms with Crippen molar-refractivity contribution >= 4 is 35.0 Å². The average Bonchev–Trinajstić information content (AvgIpc) is 2.49. The summed E-state index contributed by atoms with van der Waals surface area (Å²) in [6.45, 7) is 2.06. The highest BCUT2D eigenvalue weighted by atomic mass is 35.5. The van der Waals surface area contributed by atoms with E-state index in [-0.39, 0.29) is 5.91 Å². The Kier molecular flexibility index (Phi) is 5.05. The molecule has 2 aromatic carbocycles. The molecule has 2 aromatic rings. The second kappa shape index (κ2) is 6.78. The van der Waals surface area contributed by atoms with Gasteiger partial charge in [-0.05, 0) is 36.2 Å².